The third-order valence-corrected chi connectivity index (χ3v) is 2.26. The van der Waals surface area contributed by atoms with E-state index in [1.54, 1.807) is 20.9 Å². The molecule has 1 atom stereocenters. The number of nitrogens with one attached hydrogen (secondary N) is 2. The lowest BCUT2D eigenvalue weighted by Gasteiger charge is -2.15. The summed E-state index contributed by atoms with van der Waals surface area (Å²) < 4.78 is 24.2. The van der Waals surface area contributed by atoms with E-state index in [1.807, 2.05) is 0 Å². The molecule has 0 saturated carbocycles. The Balaban J connectivity index is 2.80. The number of nitrogens with zero attached hydrogens (tertiary/aromatic N) is 2. The SMILES string of the molecule is CNc1nc(C)nc(NCC(O)C(F)F)c1C. The van der Waals surface area contributed by atoms with Gasteiger partial charge in [0.05, 0.1) is 0 Å². The van der Waals surface area contributed by atoms with E-state index in [1.165, 1.54) is 0 Å². The van der Waals surface area contributed by atoms with E-state index in [0.29, 0.717) is 17.5 Å². The van der Waals surface area contributed by atoms with Crippen molar-refractivity contribution in [1.29, 1.82) is 0 Å². The van der Waals surface area contributed by atoms with Crippen molar-refractivity contribution in [1.82, 2.24) is 9.97 Å². The number of aliphatic hydroxyl groups excluding tert-OH is 1. The van der Waals surface area contributed by atoms with Gasteiger partial charge in [0.2, 0.25) is 0 Å². The maximum atomic E-state index is 12.1. The number of aromatic nitrogens is 2. The third-order valence-electron chi connectivity index (χ3n) is 2.26. The van der Waals surface area contributed by atoms with E-state index in [9.17, 15) is 8.78 Å². The fourth-order valence-corrected chi connectivity index (χ4v) is 1.33. The molecule has 0 saturated heterocycles. The van der Waals surface area contributed by atoms with Crippen LogP contribution in [0.25, 0.3) is 0 Å². The summed E-state index contributed by atoms with van der Waals surface area (Å²) in [6.45, 7) is 3.22. The van der Waals surface area contributed by atoms with Crippen molar-refractivity contribution in [2.75, 3.05) is 24.2 Å². The first-order chi connectivity index (χ1) is 7.95. The van der Waals surface area contributed by atoms with Crippen LogP contribution in [0.2, 0.25) is 0 Å². The van der Waals surface area contributed by atoms with Gasteiger partial charge in [-0.15, -0.1) is 0 Å². The number of aryl methyl sites for hydroxylation is 1. The van der Waals surface area contributed by atoms with Crippen LogP contribution < -0.4 is 10.6 Å². The van der Waals surface area contributed by atoms with E-state index in [-0.39, 0.29) is 6.54 Å². The summed E-state index contributed by atoms with van der Waals surface area (Å²) in [4.78, 5) is 8.24. The number of halogens is 2. The molecule has 1 rings (SSSR count). The standard InChI is InChI=1S/C10H16F2N4O/c1-5-9(13-3)15-6(2)16-10(5)14-4-7(17)8(11)12/h7-8,17H,4H2,1-3H3,(H2,13,14,15,16). The first-order valence-electron chi connectivity index (χ1n) is 5.18. The van der Waals surface area contributed by atoms with Gasteiger partial charge in [0.1, 0.15) is 23.6 Å². The Kier molecular flexibility index (Phi) is 4.56. The van der Waals surface area contributed by atoms with Crippen LogP contribution in [0.15, 0.2) is 0 Å². The van der Waals surface area contributed by atoms with Crippen molar-refractivity contribution >= 4 is 11.6 Å². The minimum absolute atomic E-state index is 0.252. The summed E-state index contributed by atoms with van der Waals surface area (Å²) >= 11 is 0. The molecule has 0 bridgehead atoms. The van der Waals surface area contributed by atoms with Crippen LogP contribution in [0.1, 0.15) is 11.4 Å². The Bertz CT molecular complexity index is 387. The monoisotopic (exact) mass is 246 g/mol. The summed E-state index contributed by atoms with van der Waals surface area (Å²) in [7, 11) is 1.71. The highest BCUT2D eigenvalue weighted by Crippen LogP contribution is 2.19. The fourth-order valence-electron chi connectivity index (χ4n) is 1.33. The molecule has 0 radical (unpaired) electrons. The Morgan fingerprint density at radius 2 is 1.82 bits per heavy atom. The predicted octanol–water partition coefficient (Wildman–Crippen LogP) is 1.17. The first kappa shape index (κ1) is 13.6. The van der Waals surface area contributed by atoms with E-state index >= 15 is 0 Å². The van der Waals surface area contributed by atoms with Crippen molar-refractivity contribution in [3.05, 3.63) is 11.4 Å². The molecule has 0 aliphatic heterocycles. The lowest BCUT2D eigenvalue weighted by Crippen LogP contribution is -2.27. The number of hydrogen-bond donors (Lipinski definition) is 3. The molecule has 0 spiro atoms. The van der Waals surface area contributed by atoms with E-state index in [4.69, 9.17) is 5.11 Å². The highest BCUT2D eigenvalue weighted by Gasteiger charge is 2.17. The molecule has 17 heavy (non-hydrogen) atoms. The number of hydrogen-bond acceptors (Lipinski definition) is 5. The van der Waals surface area contributed by atoms with Gasteiger partial charge in [0.25, 0.3) is 6.43 Å². The molecule has 1 heterocycles. The van der Waals surface area contributed by atoms with E-state index < -0.39 is 12.5 Å². The van der Waals surface area contributed by atoms with Crippen molar-refractivity contribution in [2.24, 2.45) is 0 Å². The average molecular weight is 246 g/mol. The molecule has 1 unspecified atom stereocenters. The summed E-state index contributed by atoms with van der Waals surface area (Å²) in [6, 6.07) is 0. The molecule has 1 aromatic rings. The minimum atomic E-state index is -2.77. The lowest BCUT2D eigenvalue weighted by atomic mass is 10.3. The van der Waals surface area contributed by atoms with Crippen molar-refractivity contribution in [3.63, 3.8) is 0 Å². The van der Waals surface area contributed by atoms with Gasteiger partial charge in [-0.3, -0.25) is 0 Å². The molecular weight excluding hydrogens is 230 g/mol. The van der Waals surface area contributed by atoms with Crippen LogP contribution in [-0.4, -0.2) is 41.2 Å². The normalized spacial score (nSPS) is 12.6. The van der Waals surface area contributed by atoms with Crippen molar-refractivity contribution in [3.8, 4) is 0 Å². The zero-order chi connectivity index (χ0) is 13.0. The zero-order valence-electron chi connectivity index (χ0n) is 9.96. The largest absolute Gasteiger partial charge is 0.385 e. The first-order valence-corrected chi connectivity index (χ1v) is 5.18. The maximum Gasteiger partial charge on any atom is 0.265 e. The number of anilines is 2. The van der Waals surface area contributed by atoms with Crippen LogP contribution in [0.5, 0.6) is 0 Å². The van der Waals surface area contributed by atoms with Gasteiger partial charge in [-0.2, -0.15) is 0 Å². The topological polar surface area (TPSA) is 70.1 Å². The Labute approximate surface area is 98.3 Å². The minimum Gasteiger partial charge on any atom is -0.385 e. The van der Waals surface area contributed by atoms with Crippen LogP contribution in [-0.2, 0) is 0 Å². The second kappa shape index (κ2) is 5.72. The molecule has 1 aromatic heterocycles. The van der Waals surface area contributed by atoms with Crippen LogP contribution >= 0.6 is 0 Å². The van der Waals surface area contributed by atoms with Gasteiger partial charge in [0, 0.05) is 19.2 Å². The molecule has 5 nitrogen and oxygen atoms in total. The quantitative estimate of drug-likeness (QED) is 0.727. The molecule has 0 fully saturated rings. The molecule has 0 aliphatic rings. The number of rotatable bonds is 5. The van der Waals surface area contributed by atoms with E-state index in [2.05, 4.69) is 20.6 Å². The van der Waals surface area contributed by atoms with Crippen LogP contribution in [0, 0.1) is 13.8 Å². The molecule has 0 amide bonds. The van der Waals surface area contributed by atoms with Crippen molar-refractivity contribution in [2.45, 2.75) is 26.4 Å². The van der Waals surface area contributed by atoms with Gasteiger partial charge in [0.15, 0.2) is 0 Å². The molecule has 7 heteroatoms. The molecule has 3 N–H and O–H groups in total. The smallest absolute Gasteiger partial charge is 0.265 e. The molecule has 0 aliphatic carbocycles. The van der Waals surface area contributed by atoms with Crippen molar-refractivity contribution < 1.29 is 13.9 Å². The molecule has 0 aromatic carbocycles. The summed E-state index contributed by atoms with van der Waals surface area (Å²) in [5.41, 5.74) is 0.722. The van der Waals surface area contributed by atoms with Gasteiger partial charge in [-0.25, -0.2) is 18.7 Å². The zero-order valence-corrected chi connectivity index (χ0v) is 9.96. The lowest BCUT2D eigenvalue weighted by molar-refractivity contribution is 0.00380. The van der Waals surface area contributed by atoms with Gasteiger partial charge < -0.3 is 15.7 Å². The van der Waals surface area contributed by atoms with Gasteiger partial charge in [-0.1, -0.05) is 0 Å². The Morgan fingerprint density at radius 3 is 2.35 bits per heavy atom. The average Bonchev–Trinajstić information content (AvgIpc) is 2.29. The van der Waals surface area contributed by atoms with Crippen LogP contribution in [0.3, 0.4) is 0 Å². The van der Waals surface area contributed by atoms with Gasteiger partial charge in [-0.05, 0) is 13.8 Å². The highest BCUT2D eigenvalue weighted by molar-refractivity contribution is 5.56. The second-order valence-electron chi connectivity index (χ2n) is 3.63. The summed E-state index contributed by atoms with van der Waals surface area (Å²) in [5.74, 6) is 1.60. The van der Waals surface area contributed by atoms with Gasteiger partial charge >= 0.3 is 0 Å². The second-order valence-corrected chi connectivity index (χ2v) is 3.63. The summed E-state index contributed by atoms with van der Waals surface area (Å²) in [5, 5.41) is 14.6. The molecular formula is C10H16F2N4O. The highest BCUT2D eigenvalue weighted by atomic mass is 19.3. The third kappa shape index (κ3) is 3.48. The number of alkyl halides is 2. The van der Waals surface area contributed by atoms with Crippen LogP contribution in [0.4, 0.5) is 20.4 Å². The Morgan fingerprint density at radius 1 is 1.24 bits per heavy atom. The number of aliphatic hydroxyl groups is 1. The fraction of sp³-hybridized carbons (Fsp3) is 0.600. The maximum absolute atomic E-state index is 12.1. The Hall–Kier alpha value is -1.50. The predicted molar refractivity (Wildman–Crippen MR) is 61.6 cm³/mol. The van der Waals surface area contributed by atoms with E-state index in [0.717, 1.165) is 5.56 Å². The molecule has 96 valence electrons. The summed E-state index contributed by atoms with van der Waals surface area (Å²) in [6.07, 6.45) is -4.47.